The molecule has 0 aliphatic heterocycles. The molecular weight excluding hydrogens is 403 g/mol. The number of nitrogen functional groups attached to an aromatic ring is 1. The average molecular weight is 426 g/mol. The summed E-state index contributed by atoms with van der Waals surface area (Å²) in [6.45, 7) is 2.78. The summed E-state index contributed by atoms with van der Waals surface area (Å²) in [7, 11) is 1.93. The monoisotopic (exact) mass is 426 g/mol. The van der Waals surface area contributed by atoms with Gasteiger partial charge in [0, 0.05) is 24.2 Å². The quantitative estimate of drug-likeness (QED) is 0.383. The number of amides is 1. The number of hydrogen-bond acceptors (Lipinski definition) is 7. The van der Waals surface area contributed by atoms with Gasteiger partial charge in [0.15, 0.2) is 19.5 Å². The maximum absolute atomic E-state index is 13.0. The van der Waals surface area contributed by atoms with Crippen molar-refractivity contribution in [2.75, 3.05) is 17.6 Å². The first kappa shape index (κ1) is 21.2. The summed E-state index contributed by atoms with van der Waals surface area (Å²) in [5, 5.41) is 5.99. The Morgan fingerprint density at radius 1 is 1.12 bits per heavy atom. The molecule has 1 aromatic carbocycles. The summed E-state index contributed by atoms with van der Waals surface area (Å²) >= 11 is 0. The van der Waals surface area contributed by atoms with E-state index in [2.05, 4.69) is 30.5 Å². The molecule has 0 radical (unpaired) electrons. The molecule has 0 aliphatic carbocycles. The van der Waals surface area contributed by atoms with Gasteiger partial charge in [0.2, 0.25) is 0 Å². The van der Waals surface area contributed by atoms with Crippen LogP contribution in [0.5, 0.6) is 0 Å². The first-order valence-electron chi connectivity index (χ1n) is 10.2. The number of pyridine rings is 1. The summed E-state index contributed by atoms with van der Waals surface area (Å²) in [4.78, 5) is 30.1. The molecule has 9 nitrogen and oxygen atoms in total. The van der Waals surface area contributed by atoms with Gasteiger partial charge in [-0.2, -0.15) is 0 Å². The molecule has 160 valence electrons. The van der Waals surface area contributed by atoms with Crippen molar-refractivity contribution in [1.82, 2.24) is 29.7 Å². The van der Waals surface area contributed by atoms with Crippen LogP contribution in [0.4, 0.5) is 11.5 Å². The molecule has 4 aromatic rings. The summed E-state index contributed by atoms with van der Waals surface area (Å²) < 4.78 is 1.86. The molecule has 10 heteroatoms. The Bertz CT molecular complexity index is 1240. The second-order valence-corrected chi connectivity index (χ2v) is 7.23. The number of rotatable bonds is 7. The van der Waals surface area contributed by atoms with Crippen molar-refractivity contribution >= 4 is 25.4 Å². The lowest BCUT2D eigenvalue weighted by Gasteiger charge is -2.13. The van der Waals surface area contributed by atoms with Crippen LogP contribution in [0, 0.1) is 6.92 Å². The van der Waals surface area contributed by atoms with Crippen molar-refractivity contribution in [3.05, 3.63) is 78.4 Å². The van der Waals surface area contributed by atoms with Crippen molar-refractivity contribution in [1.29, 1.82) is 0 Å². The third kappa shape index (κ3) is 4.50. The molecular formula is C22H23BN8O. The Labute approximate surface area is 186 Å². The lowest BCUT2D eigenvalue weighted by atomic mass is 10.1. The second-order valence-electron chi connectivity index (χ2n) is 7.23. The number of nitrogens with zero attached hydrogens (tertiary/aromatic N) is 5. The van der Waals surface area contributed by atoms with Crippen molar-refractivity contribution in [3.8, 4) is 16.9 Å². The zero-order valence-electron chi connectivity index (χ0n) is 17.9. The third-order valence-electron chi connectivity index (χ3n) is 5.06. The van der Waals surface area contributed by atoms with E-state index in [1.807, 2.05) is 49.9 Å². The highest BCUT2D eigenvalue weighted by atomic mass is 16.1. The number of benzene rings is 1. The second kappa shape index (κ2) is 9.40. The molecule has 1 amide bonds. The van der Waals surface area contributed by atoms with Crippen LogP contribution in [-0.4, -0.2) is 44.9 Å². The number of nitrogens with one attached hydrogen (secondary N) is 2. The van der Waals surface area contributed by atoms with Gasteiger partial charge in [0.1, 0.15) is 5.82 Å². The van der Waals surface area contributed by atoms with Gasteiger partial charge in [-0.1, -0.05) is 24.3 Å². The molecule has 3 heterocycles. The van der Waals surface area contributed by atoms with E-state index in [1.54, 1.807) is 30.9 Å². The standard InChI is InChI=1S/C22H23BN8O/c1-14-26-10-11-31(14)19-7-8-25-12-18(19)30-22(32)20-21(24)27-13-17(29-20)16-4-2-15(3-5-16)6-9-28-23/h2-5,7-8,10-13,28H,6,9,23H2,1H3,(H2,24,27)(H,30,32). The minimum atomic E-state index is -0.463. The summed E-state index contributed by atoms with van der Waals surface area (Å²) in [6, 6.07) is 9.81. The first-order valence-corrected chi connectivity index (χ1v) is 10.2. The van der Waals surface area contributed by atoms with Crippen LogP contribution < -0.4 is 16.3 Å². The van der Waals surface area contributed by atoms with Crippen LogP contribution in [0.3, 0.4) is 0 Å². The Balaban J connectivity index is 1.60. The van der Waals surface area contributed by atoms with Gasteiger partial charge in [-0.3, -0.25) is 9.78 Å². The van der Waals surface area contributed by atoms with Gasteiger partial charge in [-0.25, -0.2) is 15.0 Å². The average Bonchev–Trinajstić information content (AvgIpc) is 3.24. The van der Waals surface area contributed by atoms with Crippen molar-refractivity contribution in [2.45, 2.75) is 13.3 Å². The normalized spacial score (nSPS) is 10.8. The lowest BCUT2D eigenvalue weighted by Crippen LogP contribution is -2.18. The van der Waals surface area contributed by atoms with Crippen LogP contribution in [0.25, 0.3) is 16.9 Å². The molecule has 0 atom stereocenters. The molecule has 0 unspecified atom stereocenters. The number of hydrogen-bond donors (Lipinski definition) is 3. The fourth-order valence-electron chi connectivity index (χ4n) is 3.32. The van der Waals surface area contributed by atoms with E-state index in [1.165, 1.54) is 5.56 Å². The smallest absolute Gasteiger partial charge is 0.278 e. The maximum atomic E-state index is 13.0. The summed E-state index contributed by atoms with van der Waals surface area (Å²) in [5.74, 6) is 0.377. The fourth-order valence-corrected chi connectivity index (χ4v) is 3.32. The Morgan fingerprint density at radius 2 is 1.94 bits per heavy atom. The van der Waals surface area contributed by atoms with Crippen LogP contribution >= 0.6 is 0 Å². The van der Waals surface area contributed by atoms with E-state index in [4.69, 9.17) is 5.73 Å². The number of carbonyl (C=O) groups is 1. The van der Waals surface area contributed by atoms with E-state index in [-0.39, 0.29) is 11.5 Å². The van der Waals surface area contributed by atoms with E-state index >= 15 is 0 Å². The molecule has 0 aliphatic rings. The van der Waals surface area contributed by atoms with Crippen molar-refractivity contribution in [2.24, 2.45) is 0 Å². The van der Waals surface area contributed by atoms with Crippen LogP contribution in [0.1, 0.15) is 21.9 Å². The van der Waals surface area contributed by atoms with Gasteiger partial charge in [-0.05, 0) is 31.5 Å². The molecule has 4 rings (SSSR count). The van der Waals surface area contributed by atoms with Crippen LogP contribution in [0.2, 0.25) is 0 Å². The zero-order chi connectivity index (χ0) is 22.5. The lowest BCUT2D eigenvalue weighted by molar-refractivity contribution is 0.102. The minimum Gasteiger partial charge on any atom is -0.382 e. The first-order chi connectivity index (χ1) is 15.6. The highest BCUT2D eigenvalue weighted by molar-refractivity contribution is 6.06. The Hall–Kier alpha value is -4.05. The SMILES string of the molecule is BNCCc1ccc(-c2cnc(N)c(C(=O)Nc3cnccc3-n3ccnc3C)n2)cc1. The van der Waals surface area contributed by atoms with Crippen molar-refractivity contribution < 1.29 is 4.79 Å². The van der Waals surface area contributed by atoms with E-state index in [0.29, 0.717) is 11.4 Å². The highest BCUT2D eigenvalue weighted by Crippen LogP contribution is 2.23. The predicted octanol–water partition coefficient (Wildman–Crippen LogP) is 1.55. The largest absolute Gasteiger partial charge is 0.382 e. The fraction of sp³-hybridized carbons (Fsp3) is 0.136. The highest BCUT2D eigenvalue weighted by Gasteiger charge is 2.17. The maximum Gasteiger partial charge on any atom is 0.278 e. The van der Waals surface area contributed by atoms with Gasteiger partial charge in [0.25, 0.3) is 5.91 Å². The number of anilines is 2. The van der Waals surface area contributed by atoms with Crippen LogP contribution in [-0.2, 0) is 6.42 Å². The number of imidazole rings is 1. The number of aromatic nitrogens is 5. The number of aryl methyl sites for hydroxylation is 1. The molecule has 3 aromatic heterocycles. The molecule has 0 spiro atoms. The van der Waals surface area contributed by atoms with Gasteiger partial charge >= 0.3 is 0 Å². The van der Waals surface area contributed by atoms with Gasteiger partial charge in [-0.15, -0.1) is 0 Å². The molecule has 0 saturated heterocycles. The third-order valence-corrected chi connectivity index (χ3v) is 5.06. The van der Waals surface area contributed by atoms with Gasteiger partial charge < -0.3 is 20.8 Å². The van der Waals surface area contributed by atoms with Gasteiger partial charge in [0.05, 0.1) is 29.5 Å². The number of nitrogens with two attached hydrogens (primary N) is 1. The molecule has 4 N–H and O–H groups in total. The molecule has 0 fully saturated rings. The Morgan fingerprint density at radius 3 is 2.66 bits per heavy atom. The predicted molar refractivity (Wildman–Crippen MR) is 126 cm³/mol. The zero-order valence-corrected chi connectivity index (χ0v) is 17.9. The van der Waals surface area contributed by atoms with Crippen LogP contribution in [0.15, 0.2) is 61.3 Å². The summed E-state index contributed by atoms with van der Waals surface area (Å²) in [5.41, 5.74) is 9.93. The Kier molecular flexibility index (Phi) is 6.23. The van der Waals surface area contributed by atoms with E-state index in [9.17, 15) is 4.79 Å². The van der Waals surface area contributed by atoms with Crippen molar-refractivity contribution in [3.63, 3.8) is 0 Å². The topological polar surface area (TPSA) is 124 Å². The molecule has 0 saturated carbocycles. The van der Waals surface area contributed by atoms with E-state index < -0.39 is 5.91 Å². The summed E-state index contributed by atoms with van der Waals surface area (Å²) in [6.07, 6.45) is 9.23. The minimum absolute atomic E-state index is 0.0546. The molecule has 32 heavy (non-hydrogen) atoms. The molecule has 0 bridgehead atoms. The van der Waals surface area contributed by atoms with E-state index in [0.717, 1.165) is 30.0 Å². The number of carbonyl (C=O) groups excluding carboxylic acids is 1.